The fourth-order valence-corrected chi connectivity index (χ4v) is 2.30. The van der Waals surface area contributed by atoms with Crippen LogP contribution in [0.15, 0.2) is 12.7 Å². The largest absolute Gasteiger partial charge is 0.342 e. The zero-order valence-corrected chi connectivity index (χ0v) is 11.1. The van der Waals surface area contributed by atoms with Crippen molar-refractivity contribution in [1.82, 2.24) is 10.2 Å². The van der Waals surface area contributed by atoms with E-state index >= 15 is 0 Å². The van der Waals surface area contributed by atoms with Gasteiger partial charge in [-0.15, -0.1) is 6.58 Å². The molecule has 0 bridgehead atoms. The molecule has 1 amide bonds. The van der Waals surface area contributed by atoms with Crippen molar-refractivity contribution in [3.05, 3.63) is 12.7 Å². The molecule has 1 N–H and O–H groups in total. The minimum atomic E-state index is 0.214. The van der Waals surface area contributed by atoms with E-state index < -0.39 is 0 Å². The molecule has 0 aromatic rings. The highest BCUT2D eigenvalue weighted by Gasteiger charge is 2.29. The number of nitrogens with one attached hydrogen (secondary N) is 1. The number of rotatable bonds is 9. The van der Waals surface area contributed by atoms with Crippen molar-refractivity contribution >= 4 is 5.91 Å². The number of unbranched alkanes of at least 4 members (excludes halogenated alkanes) is 1. The quantitative estimate of drug-likeness (QED) is 0.493. The molecule has 1 aliphatic heterocycles. The van der Waals surface area contributed by atoms with Gasteiger partial charge in [0, 0.05) is 19.0 Å². The number of carbonyl (C=O) groups excluding carboxylic acids is 1. The maximum atomic E-state index is 11.9. The normalized spacial score (nSPS) is 19.9. The summed E-state index contributed by atoms with van der Waals surface area (Å²) in [4.78, 5) is 13.9. The lowest BCUT2D eigenvalue weighted by molar-refractivity contribution is -0.130. The molecule has 0 aliphatic carbocycles. The van der Waals surface area contributed by atoms with Gasteiger partial charge in [0.2, 0.25) is 5.91 Å². The third-order valence-corrected chi connectivity index (χ3v) is 3.32. The van der Waals surface area contributed by atoms with Gasteiger partial charge in [0.1, 0.15) is 0 Å². The molecular weight excluding hydrogens is 212 g/mol. The summed E-state index contributed by atoms with van der Waals surface area (Å²) in [5, 5.41) is 3.38. The fourth-order valence-electron chi connectivity index (χ4n) is 2.30. The molecule has 3 heteroatoms. The maximum absolute atomic E-state index is 11.9. The molecule has 0 aromatic carbocycles. The van der Waals surface area contributed by atoms with Gasteiger partial charge in [-0.2, -0.15) is 0 Å². The molecule has 1 unspecified atom stereocenters. The predicted octanol–water partition coefficient (Wildman–Crippen LogP) is 2.19. The van der Waals surface area contributed by atoms with Crippen molar-refractivity contribution < 1.29 is 4.79 Å². The highest BCUT2D eigenvalue weighted by Crippen LogP contribution is 2.21. The van der Waals surface area contributed by atoms with Crippen molar-refractivity contribution in [3.8, 4) is 0 Å². The Labute approximate surface area is 105 Å². The molecule has 3 nitrogen and oxygen atoms in total. The Hall–Kier alpha value is -0.830. The summed E-state index contributed by atoms with van der Waals surface area (Å²) in [5.41, 5.74) is 0. The number of amides is 1. The summed E-state index contributed by atoms with van der Waals surface area (Å²) in [6.07, 6.45) is 7.18. The Bertz CT molecular complexity index is 240. The van der Waals surface area contributed by atoms with E-state index in [9.17, 15) is 4.79 Å². The van der Waals surface area contributed by atoms with E-state index in [-0.39, 0.29) is 5.92 Å². The molecule has 1 fully saturated rings. The number of nitrogens with zero attached hydrogens (tertiary/aromatic N) is 1. The lowest BCUT2D eigenvalue weighted by atomic mass is 10.0. The molecule has 1 aliphatic rings. The summed E-state index contributed by atoms with van der Waals surface area (Å²) >= 11 is 0. The third-order valence-electron chi connectivity index (χ3n) is 3.32. The van der Waals surface area contributed by atoms with Crippen molar-refractivity contribution in [2.75, 3.05) is 26.2 Å². The van der Waals surface area contributed by atoms with Crippen molar-refractivity contribution in [2.45, 2.75) is 39.0 Å². The summed E-state index contributed by atoms with van der Waals surface area (Å²) in [5.74, 6) is 0.553. The second-order valence-electron chi connectivity index (χ2n) is 4.79. The summed E-state index contributed by atoms with van der Waals surface area (Å²) < 4.78 is 0. The first-order valence-corrected chi connectivity index (χ1v) is 6.90. The SMILES string of the molecule is C=CCC1CCN(CCCCNCCC)C1=O. The molecule has 0 saturated carbocycles. The monoisotopic (exact) mass is 238 g/mol. The molecule has 0 spiro atoms. The second-order valence-corrected chi connectivity index (χ2v) is 4.79. The Morgan fingerprint density at radius 3 is 3.00 bits per heavy atom. The van der Waals surface area contributed by atoms with Crippen LogP contribution >= 0.6 is 0 Å². The molecule has 1 heterocycles. The van der Waals surface area contributed by atoms with Crippen LogP contribution in [0.1, 0.15) is 39.0 Å². The van der Waals surface area contributed by atoms with Crippen molar-refractivity contribution in [1.29, 1.82) is 0 Å². The molecule has 1 saturated heterocycles. The van der Waals surface area contributed by atoms with Crippen LogP contribution in [-0.4, -0.2) is 37.0 Å². The van der Waals surface area contributed by atoms with Crippen LogP contribution in [0.25, 0.3) is 0 Å². The van der Waals surface area contributed by atoms with E-state index in [0.29, 0.717) is 5.91 Å². The second kappa shape index (κ2) is 8.29. The molecule has 1 rings (SSSR count). The Morgan fingerprint density at radius 2 is 2.29 bits per heavy atom. The minimum absolute atomic E-state index is 0.214. The first-order valence-electron chi connectivity index (χ1n) is 6.90. The summed E-state index contributed by atoms with van der Waals surface area (Å²) in [6, 6.07) is 0. The van der Waals surface area contributed by atoms with Gasteiger partial charge in [0.05, 0.1) is 0 Å². The van der Waals surface area contributed by atoms with Crippen LogP contribution in [0.2, 0.25) is 0 Å². The number of hydrogen-bond donors (Lipinski definition) is 1. The van der Waals surface area contributed by atoms with E-state index in [1.807, 2.05) is 11.0 Å². The predicted molar refractivity (Wildman–Crippen MR) is 71.9 cm³/mol. The minimum Gasteiger partial charge on any atom is -0.342 e. The number of carbonyl (C=O) groups is 1. The van der Waals surface area contributed by atoms with E-state index in [2.05, 4.69) is 18.8 Å². The van der Waals surface area contributed by atoms with Crippen LogP contribution < -0.4 is 5.32 Å². The number of allylic oxidation sites excluding steroid dienone is 1. The van der Waals surface area contributed by atoms with E-state index in [1.165, 1.54) is 6.42 Å². The molecule has 0 aromatic heterocycles. The van der Waals surface area contributed by atoms with Gasteiger partial charge >= 0.3 is 0 Å². The Kier molecular flexibility index (Phi) is 6.94. The van der Waals surface area contributed by atoms with Crippen molar-refractivity contribution in [2.24, 2.45) is 5.92 Å². The van der Waals surface area contributed by atoms with Gasteiger partial charge in [-0.25, -0.2) is 0 Å². The smallest absolute Gasteiger partial charge is 0.226 e. The van der Waals surface area contributed by atoms with Crippen LogP contribution in [0.5, 0.6) is 0 Å². The third kappa shape index (κ3) is 4.90. The van der Waals surface area contributed by atoms with Crippen molar-refractivity contribution in [3.63, 3.8) is 0 Å². The topological polar surface area (TPSA) is 32.3 Å². The Morgan fingerprint density at radius 1 is 1.47 bits per heavy atom. The molecule has 98 valence electrons. The standard InChI is InChI=1S/C14H26N2O/c1-3-7-13-8-12-16(14(13)17)11-6-5-10-15-9-4-2/h3,13,15H,1,4-12H2,2H3. The van der Waals surface area contributed by atoms with Gasteiger partial charge in [-0.1, -0.05) is 13.0 Å². The van der Waals surface area contributed by atoms with Crippen LogP contribution in [0, 0.1) is 5.92 Å². The summed E-state index contributed by atoms with van der Waals surface area (Å²) in [6.45, 7) is 9.94. The van der Waals surface area contributed by atoms with Crippen LogP contribution in [0.3, 0.4) is 0 Å². The number of hydrogen-bond acceptors (Lipinski definition) is 2. The van der Waals surface area contributed by atoms with Gasteiger partial charge in [-0.05, 0) is 45.2 Å². The van der Waals surface area contributed by atoms with Gasteiger partial charge in [-0.3, -0.25) is 4.79 Å². The zero-order chi connectivity index (χ0) is 12.5. The summed E-state index contributed by atoms with van der Waals surface area (Å²) in [7, 11) is 0. The molecule has 17 heavy (non-hydrogen) atoms. The lowest BCUT2D eigenvalue weighted by Gasteiger charge is -2.16. The highest BCUT2D eigenvalue weighted by atomic mass is 16.2. The molecule has 0 radical (unpaired) electrons. The van der Waals surface area contributed by atoms with Gasteiger partial charge in [0.15, 0.2) is 0 Å². The van der Waals surface area contributed by atoms with Crippen LogP contribution in [0.4, 0.5) is 0 Å². The average molecular weight is 238 g/mol. The first kappa shape index (κ1) is 14.2. The molecule has 1 atom stereocenters. The van der Waals surface area contributed by atoms with E-state index in [0.717, 1.165) is 51.9 Å². The van der Waals surface area contributed by atoms with E-state index in [4.69, 9.17) is 0 Å². The highest BCUT2D eigenvalue weighted by molar-refractivity contribution is 5.80. The zero-order valence-electron chi connectivity index (χ0n) is 11.1. The van der Waals surface area contributed by atoms with Gasteiger partial charge < -0.3 is 10.2 Å². The fraction of sp³-hybridized carbons (Fsp3) is 0.786. The lowest BCUT2D eigenvalue weighted by Crippen LogP contribution is -2.29. The van der Waals surface area contributed by atoms with E-state index in [1.54, 1.807) is 0 Å². The van der Waals surface area contributed by atoms with Gasteiger partial charge in [0.25, 0.3) is 0 Å². The molecular formula is C14H26N2O. The first-order chi connectivity index (χ1) is 8.29. The maximum Gasteiger partial charge on any atom is 0.226 e. The Balaban J connectivity index is 2.08. The average Bonchev–Trinajstić information content (AvgIpc) is 2.67. The van der Waals surface area contributed by atoms with Crippen LogP contribution in [-0.2, 0) is 4.79 Å². The number of likely N-dealkylation sites (tertiary alicyclic amines) is 1.